The molecule has 5 nitrogen and oxygen atoms in total. The largest absolute Gasteiger partial charge is 0.444 e. The third-order valence-corrected chi connectivity index (χ3v) is 4.02. The molecule has 0 atom stereocenters. The number of nitrogen functional groups attached to an aromatic ring is 1. The number of carbonyl (C=O) groups excluding carboxylic acids is 1. The average Bonchev–Trinajstić information content (AvgIpc) is 2.48. The van der Waals surface area contributed by atoms with Crippen LogP contribution < -0.4 is 10.6 Å². The molecule has 2 aliphatic heterocycles. The lowest BCUT2D eigenvalue weighted by Crippen LogP contribution is -2.73. The second kappa shape index (κ2) is 8.45. The maximum absolute atomic E-state index is 11.9. The van der Waals surface area contributed by atoms with Crippen LogP contribution in [0.3, 0.4) is 0 Å². The molecule has 2 heterocycles. The number of carbonyl (C=O) groups is 1. The van der Waals surface area contributed by atoms with Crippen molar-refractivity contribution in [1.82, 2.24) is 4.90 Å². The number of ether oxygens (including phenoxy) is 1. The predicted octanol–water partition coefficient (Wildman–Crippen LogP) is 4.38. The van der Waals surface area contributed by atoms with E-state index in [1.807, 2.05) is 72.7 Å². The van der Waals surface area contributed by atoms with Crippen LogP contribution in [0, 0.1) is 5.41 Å². The zero-order valence-electron chi connectivity index (χ0n) is 16.9. The van der Waals surface area contributed by atoms with Crippen LogP contribution in [-0.4, -0.2) is 42.8 Å². The molecule has 142 valence electrons. The molecule has 3 rings (SSSR count). The normalized spacial score (nSPS) is 17.2. The van der Waals surface area contributed by atoms with E-state index < -0.39 is 5.60 Å². The summed E-state index contributed by atoms with van der Waals surface area (Å²) in [4.78, 5) is 16.1. The van der Waals surface area contributed by atoms with E-state index in [-0.39, 0.29) is 11.5 Å². The zero-order valence-corrected chi connectivity index (χ0v) is 16.9. The van der Waals surface area contributed by atoms with Gasteiger partial charge in [0, 0.05) is 43.0 Å². The van der Waals surface area contributed by atoms with Gasteiger partial charge in [-0.05, 0) is 45.0 Å². The number of benzene rings is 1. The van der Waals surface area contributed by atoms with Crippen molar-refractivity contribution in [2.45, 2.75) is 54.1 Å². The number of nitrogens with zero attached hydrogens (tertiary/aromatic N) is 2. The van der Waals surface area contributed by atoms with Crippen LogP contribution in [0.4, 0.5) is 16.2 Å². The Kier molecular flexibility index (Phi) is 7.15. The van der Waals surface area contributed by atoms with Crippen molar-refractivity contribution in [3.63, 3.8) is 0 Å². The Morgan fingerprint density at radius 3 is 1.92 bits per heavy atom. The molecule has 1 amide bonds. The minimum Gasteiger partial charge on any atom is -0.444 e. The highest BCUT2D eigenvalue weighted by atomic mass is 16.6. The molecule has 0 radical (unpaired) electrons. The first-order chi connectivity index (χ1) is 11.8. The van der Waals surface area contributed by atoms with Crippen LogP contribution in [-0.2, 0) is 4.74 Å². The summed E-state index contributed by atoms with van der Waals surface area (Å²) in [5.74, 6) is 0. The summed E-state index contributed by atoms with van der Waals surface area (Å²) in [5.41, 5.74) is 7.53. The molecule has 2 saturated heterocycles. The second-order valence-corrected chi connectivity index (χ2v) is 7.28. The molecule has 0 bridgehead atoms. The smallest absolute Gasteiger partial charge is 0.410 e. The van der Waals surface area contributed by atoms with E-state index in [4.69, 9.17) is 10.5 Å². The van der Waals surface area contributed by atoms with Crippen molar-refractivity contribution in [1.29, 1.82) is 0 Å². The van der Waals surface area contributed by atoms with Gasteiger partial charge in [0.25, 0.3) is 0 Å². The molecule has 2 N–H and O–H groups in total. The molecule has 2 aliphatic rings. The van der Waals surface area contributed by atoms with E-state index in [0.29, 0.717) is 0 Å². The van der Waals surface area contributed by atoms with Gasteiger partial charge in [-0.15, -0.1) is 0 Å². The Balaban J connectivity index is 0.000000730. The maximum atomic E-state index is 11.9. The first-order valence-corrected chi connectivity index (χ1v) is 9.35. The highest BCUT2D eigenvalue weighted by Gasteiger charge is 2.54. The fourth-order valence-electron chi connectivity index (χ4n) is 3.05. The minimum atomic E-state index is -0.421. The Morgan fingerprint density at radius 2 is 1.48 bits per heavy atom. The molecule has 1 aromatic rings. The molecular weight excluding hydrogens is 314 g/mol. The monoisotopic (exact) mass is 349 g/mol. The second-order valence-electron chi connectivity index (χ2n) is 7.28. The van der Waals surface area contributed by atoms with Crippen molar-refractivity contribution in [2.24, 2.45) is 5.41 Å². The first-order valence-electron chi connectivity index (χ1n) is 9.35. The molecule has 0 aliphatic carbocycles. The molecule has 0 aromatic heterocycles. The fourth-order valence-corrected chi connectivity index (χ4v) is 3.05. The van der Waals surface area contributed by atoms with Gasteiger partial charge >= 0.3 is 6.09 Å². The Morgan fingerprint density at radius 1 is 1.00 bits per heavy atom. The fraction of sp³-hybridized carbons (Fsp3) is 0.650. The van der Waals surface area contributed by atoms with Gasteiger partial charge in [0.2, 0.25) is 0 Å². The van der Waals surface area contributed by atoms with Crippen LogP contribution in [0.1, 0.15) is 48.5 Å². The van der Waals surface area contributed by atoms with Crippen LogP contribution in [0.25, 0.3) is 0 Å². The zero-order chi connectivity index (χ0) is 19.3. The van der Waals surface area contributed by atoms with Gasteiger partial charge < -0.3 is 20.3 Å². The molecule has 25 heavy (non-hydrogen) atoms. The summed E-state index contributed by atoms with van der Waals surface area (Å²) >= 11 is 0. The third kappa shape index (κ3) is 5.28. The van der Waals surface area contributed by atoms with Gasteiger partial charge in [-0.1, -0.05) is 27.7 Å². The van der Waals surface area contributed by atoms with E-state index in [2.05, 4.69) is 4.90 Å². The van der Waals surface area contributed by atoms with Gasteiger partial charge in [0.1, 0.15) is 5.60 Å². The third-order valence-electron chi connectivity index (χ3n) is 4.02. The van der Waals surface area contributed by atoms with Crippen LogP contribution in [0.15, 0.2) is 24.3 Å². The number of anilines is 2. The average molecular weight is 350 g/mol. The molecule has 1 aromatic carbocycles. The summed E-state index contributed by atoms with van der Waals surface area (Å²) in [7, 11) is 0. The van der Waals surface area contributed by atoms with Crippen molar-refractivity contribution < 1.29 is 9.53 Å². The summed E-state index contributed by atoms with van der Waals surface area (Å²) in [6.45, 7) is 17.3. The van der Waals surface area contributed by atoms with Gasteiger partial charge in [-0.2, -0.15) is 0 Å². The summed E-state index contributed by atoms with van der Waals surface area (Å²) in [6.07, 6.45) is -0.195. The highest BCUT2D eigenvalue weighted by molar-refractivity contribution is 5.70. The number of hydrogen-bond acceptors (Lipinski definition) is 4. The van der Waals surface area contributed by atoms with Gasteiger partial charge in [-0.3, -0.25) is 0 Å². The van der Waals surface area contributed by atoms with Gasteiger partial charge in [-0.25, -0.2) is 4.79 Å². The summed E-state index contributed by atoms with van der Waals surface area (Å²) < 4.78 is 5.39. The molecule has 2 fully saturated rings. The first kappa shape index (κ1) is 21.1. The minimum absolute atomic E-state index is 0.195. The quantitative estimate of drug-likeness (QED) is 0.765. The predicted molar refractivity (Wildman–Crippen MR) is 106 cm³/mol. The SMILES string of the molecule is CC.CC.CC(C)(C)OC(=O)N1CC2(C1)CN(c1ccc(N)cc1)C2. The molecule has 5 heteroatoms. The van der Waals surface area contributed by atoms with E-state index in [0.717, 1.165) is 31.9 Å². The number of hydrogen-bond donors (Lipinski definition) is 1. The Hall–Kier alpha value is -1.91. The highest BCUT2D eigenvalue weighted by Crippen LogP contribution is 2.42. The van der Waals surface area contributed by atoms with Crippen molar-refractivity contribution >= 4 is 17.5 Å². The number of nitrogens with two attached hydrogens (primary N) is 1. The lowest BCUT2D eigenvalue weighted by molar-refractivity contribution is -0.0452. The van der Waals surface area contributed by atoms with E-state index >= 15 is 0 Å². The topological polar surface area (TPSA) is 58.8 Å². The van der Waals surface area contributed by atoms with Crippen LogP contribution in [0.2, 0.25) is 0 Å². The van der Waals surface area contributed by atoms with Gasteiger partial charge in [0.15, 0.2) is 0 Å². The van der Waals surface area contributed by atoms with Crippen LogP contribution >= 0.6 is 0 Å². The van der Waals surface area contributed by atoms with Gasteiger partial charge in [0.05, 0.1) is 0 Å². The molecular formula is C20H35N3O2. The lowest BCUT2D eigenvalue weighted by atomic mass is 9.73. The molecule has 0 unspecified atom stereocenters. The Bertz CT molecular complexity index is 535. The van der Waals surface area contributed by atoms with Crippen molar-refractivity contribution in [3.05, 3.63) is 24.3 Å². The number of rotatable bonds is 1. The van der Waals surface area contributed by atoms with E-state index in [1.165, 1.54) is 5.69 Å². The van der Waals surface area contributed by atoms with Crippen LogP contribution in [0.5, 0.6) is 0 Å². The maximum Gasteiger partial charge on any atom is 0.410 e. The summed E-state index contributed by atoms with van der Waals surface area (Å²) in [6, 6.07) is 7.95. The lowest BCUT2D eigenvalue weighted by Gasteiger charge is -2.60. The molecule has 1 spiro atoms. The van der Waals surface area contributed by atoms with E-state index in [1.54, 1.807) is 4.90 Å². The van der Waals surface area contributed by atoms with E-state index in [9.17, 15) is 4.79 Å². The number of amides is 1. The number of likely N-dealkylation sites (tertiary alicyclic amines) is 1. The summed E-state index contributed by atoms with van der Waals surface area (Å²) in [5, 5.41) is 0. The molecule has 0 saturated carbocycles. The van der Waals surface area contributed by atoms with Crippen molar-refractivity contribution in [2.75, 3.05) is 36.8 Å². The van der Waals surface area contributed by atoms with Crippen molar-refractivity contribution in [3.8, 4) is 0 Å². The standard InChI is InChI=1S/C16H23N3O2.2C2H6/c1-15(2,3)21-14(20)19-10-16(11-19)8-18(9-16)13-6-4-12(17)5-7-13;2*1-2/h4-7H,8-11,17H2,1-3H3;2*1-2H3. The Labute approximate surface area is 153 Å².